The Balaban J connectivity index is 1.78. The Morgan fingerprint density at radius 1 is 1.10 bits per heavy atom. The fourth-order valence-corrected chi connectivity index (χ4v) is 3.73. The quantitative estimate of drug-likeness (QED) is 0.915. The normalized spacial score (nSPS) is 29.2. The van der Waals surface area contributed by atoms with Crippen molar-refractivity contribution < 1.29 is 9.47 Å². The van der Waals surface area contributed by atoms with E-state index >= 15 is 0 Å². The molecular weight excluding hydrogens is 250 g/mol. The molecule has 0 aromatic heterocycles. The van der Waals surface area contributed by atoms with E-state index in [1.807, 2.05) is 7.11 Å². The lowest BCUT2D eigenvalue weighted by Gasteiger charge is -2.31. The fraction of sp³-hybridized carbons (Fsp3) is 0.647. The van der Waals surface area contributed by atoms with Gasteiger partial charge in [-0.3, -0.25) is 0 Å². The summed E-state index contributed by atoms with van der Waals surface area (Å²) in [6.07, 6.45) is 7.74. The first-order valence-electron chi connectivity index (χ1n) is 7.77. The van der Waals surface area contributed by atoms with E-state index in [-0.39, 0.29) is 0 Å². The monoisotopic (exact) mass is 275 g/mol. The molecule has 1 aromatic rings. The van der Waals surface area contributed by atoms with Gasteiger partial charge in [0.2, 0.25) is 0 Å². The first-order valence-corrected chi connectivity index (χ1v) is 7.77. The number of hydrogen-bond donors (Lipinski definition) is 1. The second-order valence-electron chi connectivity index (χ2n) is 5.99. The van der Waals surface area contributed by atoms with E-state index < -0.39 is 0 Å². The molecule has 20 heavy (non-hydrogen) atoms. The number of rotatable bonds is 4. The largest absolute Gasteiger partial charge is 0.497 e. The second-order valence-corrected chi connectivity index (χ2v) is 5.99. The number of hydrogen-bond acceptors (Lipinski definition) is 3. The van der Waals surface area contributed by atoms with Gasteiger partial charge >= 0.3 is 0 Å². The zero-order valence-electron chi connectivity index (χ0n) is 12.5. The summed E-state index contributed by atoms with van der Waals surface area (Å²) in [4.78, 5) is 0. The molecule has 3 rings (SSSR count). The van der Waals surface area contributed by atoms with Gasteiger partial charge in [-0.2, -0.15) is 0 Å². The number of methoxy groups -OCH3 is 2. The molecule has 0 amide bonds. The number of aryl methyl sites for hydroxylation is 1. The third-order valence-electron chi connectivity index (χ3n) is 4.84. The smallest absolute Gasteiger partial charge is 0.119 e. The van der Waals surface area contributed by atoms with Gasteiger partial charge in [-0.05, 0) is 61.8 Å². The van der Waals surface area contributed by atoms with Crippen molar-refractivity contribution >= 4 is 0 Å². The van der Waals surface area contributed by atoms with Gasteiger partial charge in [0, 0.05) is 19.2 Å². The third kappa shape index (κ3) is 2.70. The van der Waals surface area contributed by atoms with Crippen molar-refractivity contribution in [1.29, 1.82) is 0 Å². The van der Waals surface area contributed by atoms with Crippen LogP contribution in [0.1, 0.15) is 49.3 Å². The van der Waals surface area contributed by atoms with E-state index in [2.05, 4.69) is 23.5 Å². The first kappa shape index (κ1) is 13.9. The summed E-state index contributed by atoms with van der Waals surface area (Å²) >= 11 is 0. The van der Waals surface area contributed by atoms with Gasteiger partial charge in [-0.25, -0.2) is 0 Å². The first-order chi connectivity index (χ1) is 9.81. The maximum absolute atomic E-state index is 5.61. The Labute approximate surface area is 121 Å². The molecule has 0 bridgehead atoms. The second kappa shape index (κ2) is 6.15. The number of benzene rings is 1. The molecule has 3 nitrogen and oxygen atoms in total. The van der Waals surface area contributed by atoms with Crippen molar-refractivity contribution in [2.75, 3.05) is 14.2 Å². The maximum Gasteiger partial charge on any atom is 0.119 e. The van der Waals surface area contributed by atoms with Crippen LogP contribution in [0.4, 0.5) is 0 Å². The average molecular weight is 275 g/mol. The molecule has 1 N–H and O–H groups in total. The lowest BCUT2D eigenvalue weighted by molar-refractivity contribution is 0.0803. The summed E-state index contributed by atoms with van der Waals surface area (Å²) in [6, 6.07) is 7.47. The minimum atomic E-state index is 0.381. The highest BCUT2D eigenvalue weighted by Crippen LogP contribution is 2.34. The number of nitrogens with one attached hydrogen (secondary N) is 1. The van der Waals surface area contributed by atoms with E-state index in [1.165, 1.54) is 49.7 Å². The fourth-order valence-electron chi connectivity index (χ4n) is 3.73. The predicted octanol–water partition coefficient (Wildman–Crippen LogP) is 3.23. The van der Waals surface area contributed by atoms with Crippen molar-refractivity contribution in [3.05, 3.63) is 29.3 Å². The van der Waals surface area contributed by atoms with Crippen molar-refractivity contribution in [3.8, 4) is 5.75 Å². The molecule has 0 spiro atoms. The predicted molar refractivity (Wildman–Crippen MR) is 80.2 cm³/mol. The molecule has 0 heterocycles. The Bertz CT molecular complexity index is 460. The molecule has 110 valence electrons. The number of fused-ring (bicyclic) bond motifs is 1. The Morgan fingerprint density at radius 2 is 2.00 bits per heavy atom. The topological polar surface area (TPSA) is 30.5 Å². The molecule has 0 radical (unpaired) electrons. The average Bonchev–Trinajstić information content (AvgIpc) is 2.94. The standard InChI is InChI=1S/C17H25NO2/c1-19-13-10-9-12-5-3-6-15(14(12)11-13)18-16-7-4-8-17(16)20-2/h9-11,15-18H,3-8H2,1-2H3. The van der Waals surface area contributed by atoms with E-state index in [4.69, 9.17) is 9.47 Å². The van der Waals surface area contributed by atoms with Gasteiger partial charge in [0.05, 0.1) is 13.2 Å². The zero-order chi connectivity index (χ0) is 13.9. The van der Waals surface area contributed by atoms with Crippen LogP contribution in [0.5, 0.6) is 5.75 Å². The molecule has 3 heteroatoms. The molecule has 1 fully saturated rings. The summed E-state index contributed by atoms with van der Waals surface area (Å²) in [6.45, 7) is 0. The molecule has 2 aliphatic rings. The summed E-state index contributed by atoms with van der Waals surface area (Å²) in [7, 11) is 3.58. The maximum atomic E-state index is 5.61. The van der Waals surface area contributed by atoms with Crippen LogP contribution >= 0.6 is 0 Å². The molecule has 0 aliphatic heterocycles. The Morgan fingerprint density at radius 3 is 2.80 bits per heavy atom. The van der Waals surface area contributed by atoms with E-state index in [9.17, 15) is 0 Å². The number of ether oxygens (including phenoxy) is 2. The minimum absolute atomic E-state index is 0.381. The molecule has 0 saturated heterocycles. The molecule has 3 unspecified atom stereocenters. The van der Waals surface area contributed by atoms with Crippen molar-refractivity contribution in [3.63, 3.8) is 0 Å². The summed E-state index contributed by atoms with van der Waals surface area (Å²) < 4.78 is 11.0. The molecule has 1 aromatic carbocycles. The van der Waals surface area contributed by atoms with Crippen molar-refractivity contribution in [2.24, 2.45) is 0 Å². The van der Waals surface area contributed by atoms with Crippen LogP contribution in [0.2, 0.25) is 0 Å². The summed E-state index contributed by atoms with van der Waals surface area (Å²) in [5.74, 6) is 0.965. The van der Waals surface area contributed by atoms with Crippen LogP contribution in [-0.2, 0) is 11.2 Å². The highest BCUT2D eigenvalue weighted by molar-refractivity contribution is 5.39. The summed E-state index contributed by atoms with van der Waals surface area (Å²) in [5, 5.41) is 3.85. The van der Waals surface area contributed by atoms with Crippen LogP contribution in [0, 0.1) is 0 Å². The summed E-state index contributed by atoms with van der Waals surface area (Å²) in [5.41, 5.74) is 2.90. The Hall–Kier alpha value is -1.06. The highest BCUT2D eigenvalue weighted by Gasteiger charge is 2.31. The van der Waals surface area contributed by atoms with Crippen LogP contribution in [-0.4, -0.2) is 26.4 Å². The minimum Gasteiger partial charge on any atom is -0.497 e. The molecule has 1 saturated carbocycles. The van der Waals surface area contributed by atoms with Crippen molar-refractivity contribution in [1.82, 2.24) is 5.32 Å². The van der Waals surface area contributed by atoms with Crippen molar-refractivity contribution in [2.45, 2.75) is 56.7 Å². The lowest BCUT2D eigenvalue weighted by Crippen LogP contribution is -2.40. The Kier molecular flexibility index (Phi) is 4.27. The molecule has 2 aliphatic carbocycles. The van der Waals surface area contributed by atoms with Gasteiger partial charge in [0.15, 0.2) is 0 Å². The van der Waals surface area contributed by atoms with Crippen LogP contribution in [0.25, 0.3) is 0 Å². The van der Waals surface area contributed by atoms with E-state index in [0.717, 1.165) is 5.75 Å². The zero-order valence-corrected chi connectivity index (χ0v) is 12.5. The van der Waals surface area contributed by atoms with Gasteiger partial charge in [-0.15, -0.1) is 0 Å². The van der Waals surface area contributed by atoms with Gasteiger partial charge in [0.1, 0.15) is 5.75 Å². The van der Waals surface area contributed by atoms with Crippen LogP contribution < -0.4 is 10.1 Å². The molecular formula is C17H25NO2. The van der Waals surface area contributed by atoms with Crippen LogP contribution in [0.15, 0.2) is 18.2 Å². The van der Waals surface area contributed by atoms with E-state index in [0.29, 0.717) is 18.2 Å². The van der Waals surface area contributed by atoms with Crippen LogP contribution in [0.3, 0.4) is 0 Å². The van der Waals surface area contributed by atoms with Gasteiger partial charge < -0.3 is 14.8 Å². The van der Waals surface area contributed by atoms with Gasteiger partial charge in [0.25, 0.3) is 0 Å². The highest BCUT2D eigenvalue weighted by atomic mass is 16.5. The molecule has 3 atom stereocenters. The third-order valence-corrected chi connectivity index (χ3v) is 4.84. The SMILES string of the molecule is COc1ccc2c(c1)C(NC1CCCC1OC)CCC2. The van der Waals surface area contributed by atoms with E-state index in [1.54, 1.807) is 7.11 Å². The van der Waals surface area contributed by atoms with Gasteiger partial charge in [-0.1, -0.05) is 6.07 Å². The lowest BCUT2D eigenvalue weighted by atomic mass is 9.87.